The zero-order valence-electron chi connectivity index (χ0n) is 24.7. The number of benzene rings is 2. The molecule has 0 radical (unpaired) electrons. The third-order valence-corrected chi connectivity index (χ3v) is 9.47. The Morgan fingerprint density at radius 3 is 2.52 bits per heavy atom. The van der Waals surface area contributed by atoms with Crippen molar-refractivity contribution in [2.45, 2.75) is 89.8 Å². The second-order valence-corrected chi connectivity index (χ2v) is 12.7. The molecule has 2 amide bonds. The molecule has 3 aliphatic rings. The number of carbonyl (C=O) groups excluding carboxylic acids is 2. The highest BCUT2D eigenvalue weighted by atomic mass is 35.5. The number of piperidine rings is 1. The van der Waals surface area contributed by atoms with E-state index in [-0.39, 0.29) is 17.9 Å². The van der Waals surface area contributed by atoms with Crippen LogP contribution in [0.2, 0.25) is 5.02 Å². The summed E-state index contributed by atoms with van der Waals surface area (Å²) in [5.74, 6) is 0.893. The van der Waals surface area contributed by atoms with Crippen LogP contribution < -0.4 is 5.32 Å². The quantitative estimate of drug-likeness (QED) is 0.251. The van der Waals surface area contributed by atoms with Gasteiger partial charge in [-0.15, -0.1) is 0 Å². The molecule has 1 N–H and O–H groups in total. The van der Waals surface area contributed by atoms with Gasteiger partial charge in [0.2, 0.25) is 0 Å². The molecule has 3 heterocycles. The molecule has 42 heavy (non-hydrogen) atoms. The Morgan fingerprint density at radius 1 is 1.00 bits per heavy atom. The Labute approximate surface area is 254 Å². The van der Waals surface area contributed by atoms with Gasteiger partial charge in [-0.1, -0.05) is 61.7 Å². The van der Waals surface area contributed by atoms with Crippen molar-refractivity contribution in [1.29, 1.82) is 0 Å². The molecule has 1 aliphatic carbocycles. The SMILES string of the molecule is CCCCCc1cc(NC(=O)[C@@H]2c3ccccc3C(=O)N2C2CCN(Cc3ccc(Cl)c(C)c3)CC2)nc(C2CC2)c1. The van der Waals surface area contributed by atoms with Gasteiger partial charge in [0.05, 0.1) is 0 Å². The van der Waals surface area contributed by atoms with Crippen LogP contribution in [0.25, 0.3) is 0 Å². The van der Waals surface area contributed by atoms with Crippen molar-refractivity contribution in [1.82, 2.24) is 14.8 Å². The minimum absolute atomic E-state index is 0.000726. The summed E-state index contributed by atoms with van der Waals surface area (Å²) in [4.78, 5) is 36.9. The van der Waals surface area contributed by atoms with E-state index in [2.05, 4.69) is 35.3 Å². The van der Waals surface area contributed by atoms with E-state index in [0.717, 1.165) is 80.0 Å². The Hall–Kier alpha value is -3.22. The van der Waals surface area contributed by atoms with Crippen LogP contribution in [0.3, 0.4) is 0 Å². The molecule has 220 valence electrons. The molecule has 6 rings (SSSR count). The van der Waals surface area contributed by atoms with Crippen LogP contribution in [0, 0.1) is 6.92 Å². The second-order valence-electron chi connectivity index (χ2n) is 12.3. The van der Waals surface area contributed by atoms with Gasteiger partial charge in [-0.05, 0) is 92.0 Å². The zero-order valence-corrected chi connectivity index (χ0v) is 25.5. The van der Waals surface area contributed by atoms with Crippen LogP contribution in [0.5, 0.6) is 0 Å². The lowest BCUT2D eigenvalue weighted by Crippen LogP contribution is -2.48. The van der Waals surface area contributed by atoms with Gasteiger partial charge in [0, 0.05) is 47.9 Å². The summed E-state index contributed by atoms with van der Waals surface area (Å²) in [6.45, 7) is 6.84. The number of hydrogen-bond donors (Lipinski definition) is 1. The van der Waals surface area contributed by atoms with E-state index in [9.17, 15) is 9.59 Å². The van der Waals surface area contributed by atoms with Crippen LogP contribution in [-0.4, -0.2) is 45.7 Å². The van der Waals surface area contributed by atoms with Crippen molar-refractivity contribution in [2.75, 3.05) is 18.4 Å². The first-order valence-electron chi connectivity index (χ1n) is 15.6. The lowest BCUT2D eigenvalue weighted by Gasteiger charge is -2.39. The number of aryl methyl sites for hydroxylation is 2. The molecule has 7 heteroatoms. The predicted octanol–water partition coefficient (Wildman–Crippen LogP) is 7.45. The molecule has 1 saturated heterocycles. The molecule has 6 nitrogen and oxygen atoms in total. The minimum Gasteiger partial charge on any atom is -0.319 e. The summed E-state index contributed by atoms with van der Waals surface area (Å²) in [6, 6.07) is 17.4. The molecule has 2 aromatic carbocycles. The number of carbonyl (C=O) groups is 2. The maximum atomic E-state index is 14.0. The topological polar surface area (TPSA) is 65.5 Å². The third-order valence-electron chi connectivity index (χ3n) is 9.05. The van der Waals surface area contributed by atoms with Gasteiger partial charge in [-0.2, -0.15) is 0 Å². The van der Waals surface area contributed by atoms with E-state index in [1.807, 2.05) is 48.2 Å². The van der Waals surface area contributed by atoms with E-state index in [4.69, 9.17) is 16.6 Å². The third kappa shape index (κ3) is 6.25. The molecule has 3 aromatic rings. The first-order valence-corrected chi connectivity index (χ1v) is 16.0. The summed E-state index contributed by atoms with van der Waals surface area (Å²) in [6.07, 6.45) is 8.46. The Morgan fingerprint density at radius 2 is 1.79 bits per heavy atom. The number of nitrogens with zero attached hydrogens (tertiary/aromatic N) is 3. The molecular formula is C35H41ClN4O2. The molecule has 2 aliphatic heterocycles. The number of likely N-dealkylation sites (tertiary alicyclic amines) is 1. The number of halogens is 1. The fourth-order valence-corrected chi connectivity index (χ4v) is 6.70. The van der Waals surface area contributed by atoms with Crippen molar-refractivity contribution in [3.8, 4) is 0 Å². The van der Waals surface area contributed by atoms with Crippen molar-refractivity contribution in [3.63, 3.8) is 0 Å². The largest absolute Gasteiger partial charge is 0.319 e. The average molecular weight is 585 g/mol. The van der Waals surface area contributed by atoms with Gasteiger partial charge in [0.25, 0.3) is 11.8 Å². The van der Waals surface area contributed by atoms with Crippen LogP contribution in [0.4, 0.5) is 5.82 Å². The van der Waals surface area contributed by atoms with Crippen LogP contribution in [0.1, 0.15) is 102 Å². The van der Waals surface area contributed by atoms with E-state index in [1.165, 1.54) is 24.0 Å². The van der Waals surface area contributed by atoms with Gasteiger partial charge in [0.1, 0.15) is 11.9 Å². The zero-order chi connectivity index (χ0) is 29.2. The summed E-state index contributed by atoms with van der Waals surface area (Å²) < 4.78 is 0. The van der Waals surface area contributed by atoms with Gasteiger partial charge in [0.15, 0.2) is 0 Å². The molecule has 1 atom stereocenters. The molecule has 0 bridgehead atoms. The Bertz CT molecular complexity index is 1460. The number of fused-ring (bicyclic) bond motifs is 1. The van der Waals surface area contributed by atoms with E-state index < -0.39 is 6.04 Å². The smallest absolute Gasteiger partial charge is 0.255 e. The molecule has 1 saturated carbocycles. The van der Waals surface area contributed by atoms with Gasteiger partial charge in [-0.25, -0.2) is 4.98 Å². The lowest BCUT2D eigenvalue weighted by atomic mass is 9.99. The summed E-state index contributed by atoms with van der Waals surface area (Å²) in [5, 5.41) is 3.94. The van der Waals surface area contributed by atoms with E-state index >= 15 is 0 Å². The normalized spacial score (nSPS) is 19.3. The second kappa shape index (κ2) is 12.6. The molecule has 1 aromatic heterocycles. The monoisotopic (exact) mass is 584 g/mol. The predicted molar refractivity (Wildman–Crippen MR) is 168 cm³/mol. The molecular weight excluding hydrogens is 544 g/mol. The van der Waals surface area contributed by atoms with Crippen LogP contribution >= 0.6 is 11.6 Å². The lowest BCUT2D eigenvalue weighted by molar-refractivity contribution is -0.121. The first-order chi connectivity index (χ1) is 20.4. The van der Waals surface area contributed by atoms with Crippen LogP contribution in [-0.2, 0) is 17.8 Å². The molecule has 0 unspecified atom stereocenters. The standard InChI is InChI=1S/C35H41ClN4O2/c1-3-4-5-8-24-20-31(26-12-13-26)37-32(21-24)38-34(41)33-28-9-6-7-10-29(28)35(42)40(33)27-15-17-39(18-16-27)22-25-11-14-30(36)23(2)19-25/h6-7,9-11,14,19-21,26-27,33H,3-5,8,12-13,15-18,22H2,1-2H3,(H,37,38,41)/t33-/m0/s1. The van der Waals surface area contributed by atoms with Crippen molar-refractivity contribution in [3.05, 3.63) is 93.1 Å². The molecule has 2 fully saturated rings. The van der Waals surface area contributed by atoms with Gasteiger partial charge < -0.3 is 10.2 Å². The Kier molecular flexibility index (Phi) is 8.64. The average Bonchev–Trinajstić information content (AvgIpc) is 3.80. The number of unbranched alkanes of at least 4 members (excludes halogenated alkanes) is 2. The maximum Gasteiger partial charge on any atom is 0.255 e. The highest BCUT2D eigenvalue weighted by molar-refractivity contribution is 6.31. The first kappa shape index (κ1) is 28.9. The minimum atomic E-state index is -0.654. The molecule has 0 spiro atoms. The van der Waals surface area contributed by atoms with Crippen LogP contribution in [0.15, 0.2) is 54.6 Å². The van der Waals surface area contributed by atoms with Crippen molar-refractivity contribution >= 4 is 29.2 Å². The number of anilines is 1. The maximum absolute atomic E-state index is 14.0. The van der Waals surface area contributed by atoms with Crippen molar-refractivity contribution < 1.29 is 9.59 Å². The van der Waals surface area contributed by atoms with Crippen molar-refractivity contribution in [2.24, 2.45) is 0 Å². The fraction of sp³-hybridized carbons (Fsp3) is 0.457. The number of nitrogens with one attached hydrogen (secondary N) is 1. The van der Waals surface area contributed by atoms with Gasteiger partial charge in [-0.3, -0.25) is 14.5 Å². The highest BCUT2D eigenvalue weighted by Crippen LogP contribution is 2.41. The summed E-state index contributed by atoms with van der Waals surface area (Å²) >= 11 is 6.23. The number of rotatable bonds is 10. The van der Waals surface area contributed by atoms with Gasteiger partial charge >= 0.3 is 0 Å². The number of hydrogen-bond acceptors (Lipinski definition) is 4. The number of amides is 2. The number of aromatic nitrogens is 1. The highest BCUT2D eigenvalue weighted by Gasteiger charge is 2.45. The van der Waals surface area contributed by atoms with E-state index in [1.54, 1.807) is 0 Å². The van der Waals surface area contributed by atoms with E-state index in [0.29, 0.717) is 17.3 Å². The summed E-state index contributed by atoms with van der Waals surface area (Å²) in [5.41, 5.74) is 6.08. The number of pyridine rings is 1. The fourth-order valence-electron chi connectivity index (χ4n) is 6.58. The summed E-state index contributed by atoms with van der Waals surface area (Å²) in [7, 11) is 0. The Balaban J connectivity index is 1.19.